The van der Waals surface area contributed by atoms with Crippen molar-refractivity contribution in [2.24, 2.45) is 0 Å². The molecule has 0 atom stereocenters. The zero-order valence-corrected chi connectivity index (χ0v) is 15.2. The van der Waals surface area contributed by atoms with Crippen LogP contribution < -0.4 is 5.32 Å². The highest BCUT2D eigenvalue weighted by Crippen LogP contribution is 2.21. The molecule has 1 amide bonds. The van der Waals surface area contributed by atoms with Crippen LogP contribution in [0.5, 0.6) is 0 Å². The number of hydrogen-bond acceptors (Lipinski definition) is 3. The minimum absolute atomic E-state index is 0.0720. The second-order valence-electron chi connectivity index (χ2n) is 6.95. The summed E-state index contributed by atoms with van der Waals surface area (Å²) in [6.45, 7) is 6.51. The van der Waals surface area contributed by atoms with Gasteiger partial charge in [-0.1, -0.05) is 48.0 Å². The number of rotatable bonds is 5. The Kier molecular flexibility index (Phi) is 5.84. The first-order chi connectivity index (χ1) is 12.1. The van der Waals surface area contributed by atoms with Crippen molar-refractivity contribution < 1.29 is 4.79 Å². The summed E-state index contributed by atoms with van der Waals surface area (Å²) in [5, 5.41) is 3.12. The van der Waals surface area contributed by atoms with Gasteiger partial charge in [-0.3, -0.25) is 9.69 Å². The molecule has 0 aliphatic carbocycles. The van der Waals surface area contributed by atoms with Gasteiger partial charge in [-0.2, -0.15) is 0 Å². The van der Waals surface area contributed by atoms with E-state index in [0.29, 0.717) is 6.54 Å². The Labute approximate surface area is 150 Å². The van der Waals surface area contributed by atoms with Crippen LogP contribution in [0.25, 0.3) is 0 Å². The summed E-state index contributed by atoms with van der Waals surface area (Å²) < 4.78 is 0. The van der Waals surface area contributed by atoms with E-state index < -0.39 is 0 Å². The first kappa shape index (κ1) is 17.6. The molecule has 1 saturated heterocycles. The summed E-state index contributed by atoms with van der Waals surface area (Å²) in [5.74, 6) is 0.0720. The number of benzene rings is 2. The van der Waals surface area contributed by atoms with E-state index in [1.807, 2.05) is 12.1 Å². The number of aryl methyl sites for hydroxylation is 1. The molecule has 1 aliphatic rings. The van der Waals surface area contributed by atoms with Gasteiger partial charge in [0.15, 0.2) is 0 Å². The van der Waals surface area contributed by atoms with Crippen LogP contribution in [0.3, 0.4) is 0 Å². The molecular formula is C21H27N3O. The normalized spacial score (nSPS) is 15.9. The smallest absolute Gasteiger partial charge is 0.238 e. The highest BCUT2D eigenvalue weighted by molar-refractivity contribution is 5.93. The number of amides is 1. The van der Waals surface area contributed by atoms with Gasteiger partial charge in [0, 0.05) is 31.9 Å². The van der Waals surface area contributed by atoms with Gasteiger partial charge in [0.1, 0.15) is 0 Å². The van der Waals surface area contributed by atoms with Crippen molar-refractivity contribution >= 4 is 11.6 Å². The Morgan fingerprint density at radius 1 is 1.04 bits per heavy atom. The van der Waals surface area contributed by atoms with E-state index >= 15 is 0 Å². The predicted molar refractivity (Wildman–Crippen MR) is 103 cm³/mol. The van der Waals surface area contributed by atoms with E-state index in [1.165, 1.54) is 11.1 Å². The molecule has 4 nitrogen and oxygen atoms in total. The minimum atomic E-state index is 0.0720. The number of nitrogens with zero attached hydrogens (tertiary/aromatic N) is 2. The summed E-state index contributed by atoms with van der Waals surface area (Å²) in [7, 11) is 2.12. The largest absolute Gasteiger partial charge is 0.325 e. The van der Waals surface area contributed by atoms with Crippen LogP contribution in [0, 0.1) is 6.92 Å². The summed E-state index contributed by atoms with van der Waals surface area (Å²) >= 11 is 0. The van der Waals surface area contributed by atoms with E-state index in [9.17, 15) is 4.79 Å². The average Bonchev–Trinajstić information content (AvgIpc) is 2.60. The lowest BCUT2D eigenvalue weighted by Gasteiger charge is -2.31. The van der Waals surface area contributed by atoms with Crippen LogP contribution in [-0.4, -0.2) is 55.5 Å². The zero-order chi connectivity index (χ0) is 17.6. The summed E-state index contributed by atoms with van der Waals surface area (Å²) in [4.78, 5) is 17.0. The van der Waals surface area contributed by atoms with Crippen molar-refractivity contribution in [1.29, 1.82) is 0 Å². The molecule has 132 valence electrons. The number of piperazine rings is 1. The van der Waals surface area contributed by atoms with Crippen molar-refractivity contribution in [3.8, 4) is 0 Å². The van der Waals surface area contributed by atoms with Crippen molar-refractivity contribution in [2.75, 3.05) is 45.1 Å². The zero-order valence-electron chi connectivity index (χ0n) is 15.2. The molecule has 1 fully saturated rings. The molecule has 3 rings (SSSR count). The fourth-order valence-electron chi connectivity index (χ4n) is 3.21. The molecule has 2 aromatic rings. The number of hydrogen-bond donors (Lipinski definition) is 1. The lowest BCUT2D eigenvalue weighted by atomic mass is 10.0. The molecule has 0 aromatic heterocycles. The standard InChI is InChI=1S/C21H27N3O/c1-17-8-9-20(19(14-17)15-18-6-4-3-5-7-18)22-21(25)16-24-12-10-23(2)11-13-24/h3-9,14H,10-13,15-16H2,1-2H3,(H,22,25). The highest BCUT2D eigenvalue weighted by Gasteiger charge is 2.17. The van der Waals surface area contributed by atoms with E-state index in [-0.39, 0.29) is 5.91 Å². The molecule has 2 aromatic carbocycles. The van der Waals surface area contributed by atoms with Gasteiger partial charge in [0.05, 0.1) is 6.54 Å². The summed E-state index contributed by atoms with van der Waals surface area (Å²) in [5.41, 5.74) is 4.55. The van der Waals surface area contributed by atoms with Crippen LogP contribution in [0.4, 0.5) is 5.69 Å². The van der Waals surface area contributed by atoms with Crippen molar-refractivity contribution in [3.63, 3.8) is 0 Å². The second-order valence-corrected chi connectivity index (χ2v) is 6.95. The third-order valence-electron chi connectivity index (χ3n) is 4.74. The Balaban J connectivity index is 1.66. The van der Waals surface area contributed by atoms with E-state index in [0.717, 1.165) is 43.9 Å². The molecule has 0 bridgehead atoms. The van der Waals surface area contributed by atoms with Gasteiger partial charge in [0.25, 0.3) is 0 Å². The van der Waals surface area contributed by atoms with Crippen LogP contribution in [0.1, 0.15) is 16.7 Å². The van der Waals surface area contributed by atoms with Gasteiger partial charge >= 0.3 is 0 Å². The maximum Gasteiger partial charge on any atom is 0.238 e. The molecule has 1 aliphatic heterocycles. The molecule has 1 N–H and O–H groups in total. The van der Waals surface area contributed by atoms with E-state index in [4.69, 9.17) is 0 Å². The van der Waals surface area contributed by atoms with Crippen LogP contribution in [0.2, 0.25) is 0 Å². The predicted octanol–water partition coefficient (Wildman–Crippen LogP) is 2.77. The lowest BCUT2D eigenvalue weighted by Crippen LogP contribution is -2.47. The number of carbonyl (C=O) groups is 1. The Morgan fingerprint density at radius 3 is 2.48 bits per heavy atom. The van der Waals surface area contributed by atoms with Crippen molar-refractivity contribution in [2.45, 2.75) is 13.3 Å². The van der Waals surface area contributed by atoms with E-state index in [2.05, 4.69) is 65.5 Å². The Bertz CT molecular complexity index is 706. The third-order valence-corrected chi connectivity index (χ3v) is 4.74. The molecular weight excluding hydrogens is 310 g/mol. The SMILES string of the molecule is Cc1ccc(NC(=O)CN2CCN(C)CC2)c(Cc2ccccc2)c1. The number of carbonyl (C=O) groups excluding carboxylic acids is 1. The van der Waals surface area contributed by atoms with Crippen LogP contribution in [-0.2, 0) is 11.2 Å². The topological polar surface area (TPSA) is 35.6 Å². The van der Waals surface area contributed by atoms with E-state index in [1.54, 1.807) is 0 Å². The van der Waals surface area contributed by atoms with Gasteiger partial charge in [-0.25, -0.2) is 0 Å². The van der Waals surface area contributed by atoms with Crippen LogP contribution in [0.15, 0.2) is 48.5 Å². The average molecular weight is 337 g/mol. The number of nitrogens with one attached hydrogen (secondary N) is 1. The van der Waals surface area contributed by atoms with Gasteiger partial charge in [0.2, 0.25) is 5.91 Å². The quantitative estimate of drug-likeness (QED) is 0.911. The molecule has 25 heavy (non-hydrogen) atoms. The molecule has 0 saturated carbocycles. The number of likely N-dealkylation sites (N-methyl/N-ethyl adjacent to an activating group) is 1. The maximum absolute atomic E-state index is 12.5. The summed E-state index contributed by atoms with van der Waals surface area (Å²) in [6.07, 6.45) is 0.826. The molecule has 0 spiro atoms. The van der Waals surface area contributed by atoms with Gasteiger partial charge in [-0.05, 0) is 37.6 Å². The van der Waals surface area contributed by atoms with Crippen molar-refractivity contribution in [3.05, 3.63) is 65.2 Å². The van der Waals surface area contributed by atoms with Crippen molar-refractivity contribution in [1.82, 2.24) is 9.80 Å². The first-order valence-corrected chi connectivity index (χ1v) is 8.94. The Morgan fingerprint density at radius 2 is 1.76 bits per heavy atom. The molecule has 1 heterocycles. The number of anilines is 1. The van der Waals surface area contributed by atoms with Gasteiger partial charge < -0.3 is 10.2 Å². The fraction of sp³-hybridized carbons (Fsp3) is 0.381. The lowest BCUT2D eigenvalue weighted by molar-refractivity contribution is -0.117. The third kappa shape index (κ3) is 5.15. The second kappa shape index (κ2) is 8.28. The molecule has 0 radical (unpaired) electrons. The van der Waals surface area contributed by atoms with Gasteiger partial charge in [-0.15, -0.1) is 0 Å². The summed E-state index contributed by atoms with van der Waals surface area (Å²) in [6, 6.07) is 16.6. The first-order valence-electron chi connectivity index (χ1n) is 8.94. The fourth-order valence-corrected chi connectivity index (χ4v) is 3.21. The molecule has 4 heteroatoms. The highest BCUT2D eigenvalue weighted by atomic mass is 16.2. The monoisotopic (exact) mass is 337 g/mol. The maximum atomic E-state index is 12.5. The molecule has 0 unspecified atom stereocenters. The van der Waals surface area contributed by atoms with Crippen LogP contribution >= 0.6 is 0 Å². The minimum Gasteiger partial charge on any atom is -0.325 e. The Hall–Kier alpha value is -2.17.